The van der Waals surface area contributed by atoms with E-state index in [1.807, 2.05) is 0 Å². The molecule has 0 aliphatic carbocycles. The molecule has 0 aliphatic heterocycles. The first kappa shape index (κ1) is 9.88. The minimum Gasteiger partial charge on any atom is -0.393 e. The van der Waals surface area contributed by atoms with Crippen molar-refractivity contribution in [3.05, 3.63) is 0 Å². The van der Waals surface area contributed by atoms with Gasteiger partial charge in [0.25, 0.3) is 0 Å². The normalized spacial score (nSPS) is 15.6. The molecule has 1 atom stereocenters. The molecule has 0 spiro atoms. The molecule has 9 heavy (non-hydrogen) atoms. The van der Waals surface area contributed by atoms with Crippen LogP contribution in [0.4, 0.5) is 0 Å². The zero-order valence-corrected chi connectivity index (χ0v) is 7.42. The molecule has 0 heterocycles. The number of hydrogen-bond donors (Lipinski definition) is 3. The fourth-order valence-corrected chi connectivity index (χ4v) is 2.39. The molecule has 3 nitrogen and oxygen atoms in total. The number of aliphatic hydroxyl groups excluding tert-OH is 1. The molecule has 6 heteroatoms. The summed E-state index contributed by atoms with van der Waals surface area (Å²) in [6, 6.07) is 0. The van der Waals surface area contributed by atoms with E-state index in [0.29, 0.717) is 0 Å². The summed E-state index contributed by atoms with van der Waals surface area (Å²) in [7, 11) is 0. The second-order valence-corrected chi connectivity index (χ2v) is 7.73. The fourth-order valence-electron chi connectivity index (χ4n) is 0.205. The summed E-state index contributed by atoms with van der Waals surface area (Å²) in [5.41, 5.74) is -3.13. The molecular weight excluding hydrogens is 179 g/mol. The summed E-state index contributed by atoms with van der Waals surface area (Å²) in [4.78, 5) is 17.2. The second-order valence-electron chi connectivity index (χ2n) is 1.64. The molecule has 0 amide bonds. The lowest BCUT2D eigenvalue weighted by Gasteiger charge is -2.06. The smallest absolute Gasteiger partial charge is 0.242 e. The van der Waals surface area contributed by atoms with Gasteiger partial charge in [-0.05, 0) is 18.7 Å². The molecule has 1 unspecified atom stereocenters. The SMILES string of the molecule is CC(O)CSP(O)(O)=S. The van der Waals surface area contributed by atoms with Crippen LogP contribution in [0, 0.1) is 0 Å². The molecule has 0 aromatic rings. The van der Waals surface area contributed by atoms with Crippen molar-refractivity contribution in [1.82, 2.24) is 0 Å². The Bertz CT molecular complexity index is 120. The predicted octanol–water partition coefficient (Wildman–Crippen LogP) is 0.309. The third-order valence-corrected chi connectivity index (χ3v) is 3.86. The van der Waals surface area contributed by atoms with Crippen molar-refractivity contribution in [2.75, 3.05) is 5.75 Å². The molecule has 0 saturated heterocycles. The topological polar surface area (TPSA) is 60.7 Å². The van der Waals surface area contributed by atoms with E-state index in [0.717, 1.165) is 11.4 Å². The van der Waals surface area contributed by atoms with Gasteiger partial charge in [0.1, 0.15) is 0 Å². The zero-order chi connectivity index (χ0) is 7.49. The highest BCUT2D eigenvalue weighted by Crippen LogP contribution is 2.50. The zero-order valence-electron chi connectivity index (χ0n) is 4.89. The lowest BCUT2D eigenvalue weighted by atomic mass is 10.5. The molecule has 0 aromatic heterocycles. The van der Waals surface area contributed by atoms with E-state index in [4.69, 9.17) is 14.9 Å². The Morgan fingerprint density at radius 2 is 2.11 bits per heavy atom. The lowest BCUT2D eigenvalue weighted by molar-refractivity contribution is 0.220. The van der Waals surface area contributed by atoms with Gasteiger partial charge in [0.05, 0.1) is 6.10 Å². The first-order chi connectivity index (χ1) is 3.92. The van der Waals surface area contributed by atoms with Gasteiger partial charge in [-0.1, -0.05) is 11.4 Å². The Labute approximate surface area is 63.0 Å². The Morgan fingerprint density at radius 1 is 1.67 bits per heavy atom. The number of rotatable bonds is 3. The molecule has 0 fully saturated rings. The van der Waals surface area contributed by atoms with E-state index in [2.05, 4.69) is 11.8 Å². The molecule has 56 valence electrons. The average Bonchev–Trinajstić information content (AvgIpc) is 1.59. The van der Waals surface area contributed by atoms with Crippen molar-refractivity contribution in [3.8, 4) is 0 Å². The van der Waals surface area contributed by atoms with E-state index in [-0.39, 0.29) is 5.75 Å². The largest absolute Gasteiger partial charge is 0.393 e. The van der Waals surface area contributed by atoms with Crippen LogP contribution in [0.25, 0.3) is 0 Å². The van der Waals surface area contributed by atoms with Crippen LogP contribution in [0.1, 0.15) is 6.92 Å². The fraction of sp³-hybridized carbons (Fsp3) is 1.00. The van der Waals surface area contributed by atoms with Crippen LogP contribution in [0.15, 0.2) is 0 Å². The highest BCUT2D eigenvalue weighted by molar-refractivity contribution is 8.67. The van der Waals surface area contributed by atoms with Crippen molar-refractivity contribution >= 4 is 28.9 Å². The monoisotopic (exact) mass is 188 g/mol. The van der Waals surface area contributed by atoms with Crippen molar-refractivity contribution in [2.45, 2.75) is 13.0 Å². The van der Waals surface area contributed by atoms with Gasteiger partial charge in [0, 0.05) is 5.75 Å². The summed E-state index contributed by atoms with van der Waals surface area (Å²) >= 11 is 5.11. The average molecular weight is 188 g/mol. The first-order valence-electron chi connectivity index (χ1n) is 2.30. The van der Waals surface area contributed by atoms with Crippen molar-refractivity contribution in [3.63, 3.8) is 0 Å². The summed E-state index contributed by atoms with van der Waals surface area (Å²) in [5, 5.41) is 8.64. The van der Waals surface area contributed by atoms with Crippen molar-refractivity contribution < 1.29 is 14.9 Å². The number of hydrogen-bond acceptors (Lipinski definition) is 3. The maximum atomic E-state index is 8.64. The molecule has 3 N–H and O–H groups in total. The van der Waals surface area contributed by atoms with Crippen molar-refractivity contribution in [2.24, 2.45) is 0 Å². The van der Waals surface area contributed by atoms with Crippen LogP contribution in [-0.4, -0.2) is 26.8 Å². The van der Waals surface area contributed by atoms with Crippen LogP contribution in [0.5, 0.6) is 0 Å². The minimum absolute atomic E-state index is 0.282. The molecular formula is C3H9O3PS2. The lowest BCUT2D eigenvalue weighted by Crippen LogP contribution is -2.01. The standard InChI is InChI=1S/C3H9O3PS2/c1-3(4)2-9-7(5,6)8/h3-4H,2H2,1H3,(H2,5,6,8). The number of aliphatic hydroxyl groups is 1. The van der Waals surface area contributed by atoms with E-state index in [9.17, 15) is 0 Å². The minimum atomic E-state index is -3.13. The molecule has 0 radical (unpaired) electrons. The van der Waals surface area contributed by atoms with Crippen LogP contribution in [-0.2, 0) is 11.8 Å². The van der Waals surface area contributed by atoms with Gasteiger partial charge in [0.2, 0.25) is 5.69 Å². The Kier molecular flexibility index (Phi) is 4.29. The van der Waals surface area contributed by atoms with E-state index < -0.39 is 11.8 Å². The van der Waals surface area contributed by atoms with Crippen LogP contribution < -0.4 is 0 Å². The van der Waals surface area contributed by atoms with Crippen LogP contribution >= 0.6 is 17.1 Å². The summed E-state index contributed by atoms with van der Waals surface area (Å²) in [5.74, 6) is 0.282. The third kappa shape index (κ3) is 8.88. The highest BCUT2D eigenvalue weighted by Gasteiger charge is 2.08. The summed E-state index contributed by atoms with van der Waals surface area (Å²) < 4.78 is 0. The van der Waals surface area contributed by atoms with Gasteiger partial charge < -0.3 is 14.9 Å². The molecule has 0 bridgehead atoms. The Balaban J connectivity index is 3.40. The molecule has 0 saturated carbocycles. The van der Waals surface area contributed by atoms with E-state index in [1.54, 1.807) is 6.92 Å². The van der Waals surface area contributed by atoms with Crippen LogP contribution in [0.3, 0.4) is 0 Å². The second kappa shape index (κ2) is 3.91. The third-order valence-electron chi connectivity index (χ3n) is 0.484. The van der Waals surface area contributed by atoms with Gasteiger partial charge in [-0.15, -0.1) is 0 Å². The molecule has 0 aliphatic rings. The van der Waals surface area contributed by atoms with Gasteiger partial charge >= 0.3 is 0 Å². The molecule has 0 aromatic carbocycles. The van der Waals surface area contributed by atoms with Gasteiger partial charge in [-0.3, -0.25) is 0 Å². The maximum absolute atomic E-state index is 8.64. The van der Waals surface area contributed by atoms with Gasteiger partial charge in [-0.25, -0.2) is 0 Å². The summed E-state index contributed by atoms with van der Waals surface area (Å²) in [6.45, 7) is 1.57. The Hall–Kier alpha value is 0.880. The first-order valence-corrected chi connectivity index (χ1v) is 6.60. The van der Waals surface area contributed by atoms with Crippen molar-refractivity contribution in [1.29, 1.82) is 0 Å². The summed E-state index contributed by atoms with van der Waals surface area (Å²) in [6.07, 6.45) is -0.531. The van der Waals surface area contributed by atoms with Crippen LogP contribution in [0.2, 0.25) is 0 Å². The highest BCUT2D eigenvalue weighted by atomic mass is 32.9. The van der Waals surface area contributed by atoms with E-state index >= 15 is 0 Å². The van der Waals surface area contributed by atoms with Gasteiger partial charge in [0.15, 0.2) is 0 Å². The van der Waals surface area contributed by atoms with Gasteiger partial charge in [-0.2, -0.15) is 0 Å². The Morgan fingerprint density at radius 3 is 2.22 bits per heavy atom. The maximum Gasteiger partial charge on any atom is 0.242 e. The predicted molar refractivity (Wildman–Crippen MR) is 42.9 cm³/mol. The van der Waals surface area contributed by atoms with E-state index in [1.165, 1.54) is 0 Å². The quantitative estimate of drug-likeness (QED) is 0.556. The molecule has 0 rings (SSSR count).